The molecule has 0 atom stereocenters. The van der Waals surface area contributed by atoms with Crippen molar-refractivity contribution in [3.63, 3.8) is 0 Å². The van der Waals surface area contributed by atoms with Crippen LogP contribution in [-0.4, -0.2) is 19.7 Å². The first-order valence-corrected chi connectivity index (χ1v) is 4.34. The van der Waals surface area contributed by atoms with Gasteiger partial charge in [-0.2, -0.15) is 23.5 Å². The summed E-state index contributed by atoms with van der Waals surface area (Å²) in [6.45, 7) is 0. The molecule has 17 heavy (non-hydrogen) atoms. The van der Waals surface area contributed by atoms with Crippen LogP contribution in [0.3, 0.4) is 0 Å². The fraction of sp³-hybridized carbons (Fsp3) is 0.111. The van der Waals surface area contributed by atoms with Crippen molar-refractivity contribution < 1.29 is 13.2 Å². The molecule has 0 aromatic carbocycles. The van der Waals surface area contributed by atoms with Crippen molar-refractivity contribution in [2.24, 2.45) is 0 Å². The predicted octanol–water partition coefficient (Wildman–Crippen LogP) is 1.55. The Morgan fingerprint density at radius 1 is 1.29 bits per heavy atom. The normalized spacial score (nSPS) is 11.2. The van der Waals surface area contributed by atoms with Crippen molar-refractivity contribution in [2.45, 2.75) is 6.18 Å². The molecule has 2 aromatic heterocycles. The number of aromatic nitrogens is 4. The molecule has 2 aromatic rings. The molecule has 0 N–H and O–H groups in total. The Morgan fingerprint density at radius 2 is 2.06 bits per heavy atom. The predicted molar refractivity (Wildman–Crippen MR) is 48.9 cm³/mol. The van der Waals surface area contributed by atoms with Gasteiger partial charge in [0.15, 0.2) is 5.82 Å². The van der Waals surface area contributed by atoms with E-state index in [-0.39, 0.29) is 11.4 Å². The molecule has 5 nitrogen and oxygen atoms in total. The van der Waals surface area contributed by atoms with Crippen LogP contribution in [0.1, 0.15) is 11.1 Å². The zero-order valence-electron chi connectivity index (χ0n) is 8.18. The van der Waals surface area contributed by atoms with Crippen molar-refractivity contribution in [3.8, 4) is 11.9 Å². The Bertz CT molecular complexity index is 581. The number of alkyl halides is 3. The molecule has 0 saturated heterocycles. The molecular weight excluding hydrogens is 235 g/mol. The van der Waals surface area contributed by atoms with E-state index in [4.69, 9.17) is 5.26 Å². The van der Waals surface area contributed by atoms with Crippen LogP contribution in [0.4, 0.5) is 13.2 Å². The molecule has 0 radical (unpaired) electrons. The number of rotatable bonds is 1. The maximum atomic E-state index is 12.3. The standard InChI is InChI=1S/C9H4F3N5/c10-9(11,12)7-3-16-17(4-7)8-6(1-13)2-14-5-15-8/h2-5H. The van der Waals surface area contributed by atoms with Gasteiger partial charge in [0.1, 0.15) is 18.0 Å². The van der Waals surface area contributed by atoms with E-state index in [1.165, 1.54) is 6.20 Å². The first-order valence-electron chi connectivity index (χ1n) is 4.34. The average Bonchev–Trinajstić information content (AvgIpc) is 2.77. The minimum atomic E-state index is -4.47. The van der Waals surface area contributed by atoms with E-state index in [9.17, 15) is 13.2 Å². The maximum Gasteiger partial charge on any atom is 0.419 e. The quantitative estimate of drug-likeness (QED) is 0.757. The molecular formula is C9H4F3N5. The van der Waals surface area contributed by atoms with Crippen molar-refractivity contribution in [1.29, 1.82) is 5.26 Å². The second kappa shape index (κ2) is 3.86. The van der Waals surface area contributed by atoms with Gasteiger partial charge >= 0.3 is 6.18 Å². The second-order valence-corrected chi connectivity index (χ2v) is 3.04. The molecule has 0 bridgehead atoms. The molecule has 0 unspecified atom stereocenters. The lowest BCUT2D eigenvalue weighted by Gasteiger charge is -2.02. The smallest absolute Gasteiger partial charge is 0.243 e. The monoisotopic (exact) mass is 239 g/mol. The Balaban J connectivity index is 2.49. The highest BCUT2D eigenvalue weighted by Gasteiger charge is 2.32. The van der Waals surface area contributed by atoms with Crippen LogP contribution in [0.25, 0.3) is 5.82 Å². The number of halogens is 3. The number of hydrogen-bond acceptors (Lipinski definition) is 4. The Morgan fingerprint density at radius 3 is 2.65 bits per heavy atom. The SMILES string of the molecule is N#Cc1cncnc1-n1cc(C(F)(F)F)cn1. The van der Waals surface area contributed by atoms with Gasteiger partial charge in [0.2, 0.25) is 0 Å². The average molecular weight is 239 g/mol. The summed E-state index contributed by atoms with van der Waals surface area (Å²) in [4.78, 5) is 7.31. The van der Waals surface area contributed by atoms with E-state index in [1.54, 1.807) is 6.07 Å². The third-order valence-corrected chi connectivity index (χ3v) is 1.94. The fourth-order valence-electron chi connectivity index (χ4n) is 1.17. The topological polar surface area (TPSA) is 67.4 Å². The molecule has 0 amide bonds. The lowest BCUT2D eigenvalue weighted by molar-refractivity contribution is -0.137. The van der Waals surface area contributed by atoms with Gasteiger partial charge in [-0.25, -0.2) is 14.6 Å². The van der Waals surface area contributed by atoms with E-state index in [0.29, 0.717) is 6.20 Å². The zero-order chi connectivity index (χ0) is 12.5. The first-order chi connectivity index (χ1) is 8.02. The molecule has 0 aliphatic rings. The molecule has 0 aliphatic heterocycles. The summed E-state index contributed by atoms with van der Waals surface area (Å²) in [7, 11) is 0. The molecule has 86 valence electrons. The van der Waals surface area contributed by atoms with Crippen molar-refractivity contribution in [3.05, 3.63) is 36.0 Å². The van der Waals surface area contributed by atoms with Crippen molar-refractivity contribution >= 4 is 0 Å². The molecule has 0 fully saturated rings. The highest BCUT2D eigenvalue weighted by atomic mass is 19.4. The van der Waals surface area contributed by atoms with Gasteiger partial charge in [-0.15, -0.1) is 0 Å². The Kier molecular flexibility index (Phi) is 2.51. The van der Waals surface area contributed by atoms with Crippen LogP contribution in [0.2, 0.25) is 0 Å². The Hall–Kier alpha value is -2.43. The van der Waals surface area contributed by atoms with Crippen molar-refractivity contribution in [2.75, 3.05) is 0 Å². The van der Waals surface area contributed by atoms with Gasteiger partial charge in [-0.05, 0) is 0 Å². The van der Waals surface area contributed by atoms with E-state index < -0.39 is 11.7 Å². The van der Waals surface area contributed by atoms with E-state index in [1.807, 2.05) is 0 Å². The van der Waals surface area contributed by atoms with Crippen LogP contribution in [0.5, 0.6) is 0 Å². The largest absolute Gasteiger partial charge is 0.419 e. The first kappa shape index (κ1) is 11.1. The number of nitriles is 1. The molecule has 2 rings (SSSR count). The van der Waals surface area contributed by atoms with Crippen LogP contribution in [0, 0.1) is 11.3 Å². The van der Waals surface area contributed by atoms with Gasteiger partial charge in [-0.3, -0.25) is 0 Å². The lowest BCUT2D eigenvalue weighted by atomic mass is 10.3. The van der Waals surface area contributed by atoms with Gasteiger partial charge in [0.05, 0.1) is 18.0 Å². The van der Waals surface area contributed by atoms with Gasteiger partial charge in [-0.1, -0.05) is 0 Å². The fourth-order valence-corrected chi connectivity index (χ4v) is 1.17. The molecule has 2 heterocycles. The van der Waals surface area contributed by atoms with Gasteiger partial charge < -0.3 is 0 Å². The molecule has 0 spiro atoms. The summed E-state index contributed by atoms with van der Waals surface area (Å²) in [5, 5.41) is 12.3. The second-order valence-electron chi connectivity index (χ2n) is 3.04. The van der Waals surface area contributed by atoms with Crippen LogP contribution in [-0.2, 0) is 6.18 Å². The van der Waals surface area contributed by atoms with Crippen LogP contribution >= 0.6 is 0 Å². The number of nitrogens with zero attached hydrogens (tertiary/aromatic N) is 5. The number of hydrogen-bond donors (Lipinski definition) is 0. The van der Waals surface area contributed by atoms with Gasteiger partial charge in [0, 0.05) is 6.20 Å². The molecule has 8 heteroatoms. The summed E-state index contributed by atoms with van der Waals surface area (Å²) in [6, 6.07) is 1.77. The summed E-state index contributed by atoms with van der Waals surface area (Å²) >= 11 is 0. The third kappa shape index (κ3) is 2.08. The summed E-state index contributed by atoms with van der Waals surface area (Å²) in [5.74, 6) is 0.0120. The summed E-state index contributed by atoms with van der Waals surface area (Å²) in [5.41, 5.74) is -0.857. The van der Waals surface area contributed by atoms with E-state index >= 15 is 0 Å². The zero-order valence-corrected chi connectivity index (χ0v) is 8.18. The minimum absolute atomic E-state index is 0.0120. The highest BCUT2D eigenvalue weighted by molar-refractivity contribution is 5.40. The molecule has 0 aliphatic carbocycles. The summed E-state index contributed by atoms with van der Waals surface area (Å²) < 4.78 is 37.9. The lowest BCUT2D eigenvalue weighted by Crippen LogP contribution is -2.04. The maximum absolute atomic E-state index is 12.3. The van der Waals surface area contributed by atoms with E-state index in [0.717, 1.165) is 17.2 Å². The van der Waals surface area contributed by atoms with E-state index in [2.05, 4.69) is 15.1 Å². The third-order valence-electron chi connectivity index (χ3n) is 1.94. The highest BCUT2D eigenvalue weighted by Crippen LogP contribution is 2.29. The Labute approximate surface area is 93.2 Å². The van der Waals surface area contributed by atoms with Crippen molar-refractivity contribution in [1.82, 2.24) is 19.7 Å². The van der Waals surface area contributed by atoms with Crippen LogP contribution in [0.15, 0.2) is 24.9 Å². The summed E-state index contributed by atoms with van der Waals surface area (Å²) in [6.07, 6.45) is -0.701. The molecule has 0 saturated carbocycles. The van der Waals surface area contributed by atoms with Gasteiger partial charge in [0.25, 0.3) is 0 Å². The minimum Gasteiger partial charge on any atom is -0.243 e. The van der Waals surface area contributed by atoms with Crippen LogP contribution < -0.4 is 0 Å².